The van der Waals surface area contributed by atoms with Crippen LogP contribution in [0.2, 0.25) is 5.02 Å². The molecular formula is C12H10ClN3O3. The number of ketones is 1. The van der Waals surface area contributed by atoms with Gasteiger partial charge in [0.15, 0.2) is 5.69 Å². The summed E-state index contributed by atoms with van der Waals surface area (Å²) in [5.74, 6) is -0.0501. The number of hydrogen-bond acceptors (Lipinski definition) is 6. The van der Waals surface area contributed by atoms with Crippen LogP contribution >= 0.6 is 11.6 Å². The molecule has 0 aliphatic heterocycles. The summed E-state index contributed by atoms with van der Waals surface area (Å²) >= 11 is 5.93. The fourth-order valence-electron chi connectivity index (χ4n) is 1.44. The van der Waals surface area contributed by atoms with Gasteiger partial charge < -0.3 is 9.47 Å². The summed E-state index contributed by atoms with van der Waals surface area (Å²) in [7, 11) is 2.85. The summed E-state index contributed by atoms with van der Waals surface area (Å²) < 4.78 is 9.96. The van der Waals surface area contributed by atoms with E-state index in [2.05, 4.69) is 15.0 Å². The molecular weight excluding hydrogens is 270 g/mol. The number of aromatic nitrogens is 3. The second-order valence-electron chi connectivity index (χ2n) is 3.45. The van der Waals surface area contributed by atoms with Crippen molar-refractivity contribution < 1.29 is 14.3 Å². The molecule has 0 N–H and O–H groups in total. The lowest BCUT2D eigenvalue weighted by atomic mass is 10.1. The molecule has 0 saturated carbocycles. The van der Waals surface area contributed by atoms with E-state index in [1.807, 2.05) is 0 Å². The maximum absolute atomic E-state index is 12.3. The van der Waals surface area contributed by atoms with Gasteiger partial charge >= 0.3 is 0 Å². The Labute approximate surface area is 114 Å². The first-order valence-corrected chi connectivity index (χ1v) is 5.64. The average molecular weight is 280 g/mol. The molecule has 2 rings (SSSR count). The molecule has 0 unspecified atom stereocenters. The highest BCUT2D eigenvalue weighted by molar-refractivity contribution is 6.34. The molecule has 0 fully saturated rings. The monoisotopic (exact) mass is 279 g/mol. The smallest absolute Gasteiger partial charge is 0.247 e. The first kappa shape index (κ1) is 13.2. The van der Waals surface area contributed by atoms with E-state index >= 15 is 0 Å². The highest BCUT2D eigenvalue weighted by Gasteiger charge is 2.20. The van der Waals surface area contributed by atoms with Crippen LogP contribution in [0.15, 0.2) is 24.7 Å². The zero-order valence-electron chi connectivity index (χ0n) is 10.3. The number of carbonyl (C=O) groups excluding carboxylic acids is 1. The molecule has 2 heterocycles. The molecule has 6 nitrogen and oxygen atoms in total. The number of pyridine rings is 1. The van der Waals surface area contributed by atoms with E-state index in [4.69, 9.17) is 21.1 Å². The molecule has 19 heavy (non-hydrogen) atoms. The summed E-state index contributed by atoms with van der Waals surface area (Å²) in [4.78, 5) is 24.1. The van der Waals surface area contributed by atoms with Gasteiger partial charge in [-0.15, -0.1) is 0 Å². The fourth-order valence-corrected chi connectivity index (χ4v) is 1.65. The SMILES string of the molecule is COc1cnc(C(=O)c2ccncc2Cl)c(OC)n1. The zero-order chi connectivity index (χ0) is 13.8. The van der Waals surface area contributed by atoms with Crippen molar-refractivity contribution in [3.63, 3.8) is 0 Å². The van der Waals surface area contributed by atoms with Gasteiger partial charge in [0.25, 0.3) is 0 Å². The predicted molar refractivity (Wildman–Crippen MR) is 67.8 cm³/mol. The third-order valence-corrected chi connectivity index (χ3v) is 2.65. The molecule has 0 saturated heterocycles. The Morgan fingerprint density at radius 3 is 2.68 bits per heavy atom. The van der Waals surface area contributed by atoms with Crippen molar-refractivity contribution in [3.05, 3.63) is 40.9 Å². The van der Waals surface area contributed by atoms with Crippen LogP contribution in [0.1, 0.15) is 16.1 Å². The Kier molecular flexibility index (Phi) is 3.91. The van der Waals surface area contributed by atoms with Crippen molar-refractivity contribution in [1.29, 1.82) is 0 Å². The van der Waals surface area contributed by atoms with Crippen LogP contribution in [0.3, 0.4) is 0 Å². The van der Waals surface area contributed by atoms with Gasteiger partial charge in [-0.2, -0.15) is 4.98 Å². The van der Waals surface area contributed by atoms with E-state index in [1.165, 1.54) is 38.9 Å². The molecule has 2 aromatic heterocycles. The van der Waals surface area contributed by atoms with Crippen molar-refractivity contribution in [2.45, 2.75) is 0 Å². The number of methoxy groups -OCH3 is 2. The quantitative estimate of drug-likeness (QED) is 0.794. The fraction of sp³-hybridized carbons (Fsp3) is 0.167. The summed E-state index contributed by atoms with van der Waals surface area (Å²) in [6.07, 6.45) is 4.20. The number of ether oxygens (including phenoxy) is 2. The molecule has 0 aromatic carbocycles. The van der Waals surface area contributed by atoms with Crippen molar-refractivity contribution in [2.24, 2.45) is 0 Å². The Hall–Kier alpha value is -2.21. The van der Waals surface area contributed by atoms with Crippen LogP contribution in [0.25, 0.3) is 0 Å². The average Bonchev–Trinajstić information content (AvgIpc) is 2.46. The number of carbonyl (C=O) groups is 1. The van der Waals surface area contributed by atoms with Gasteiger partial charge in [-0.25, -0.2) is 4.98 Å². The molecule has 0 spiro atoms. The lowest BCUT2D eigenvalue weighted by molar-refractivity contribution is 0.103. The second-order valence-corrected chi connectivity index (χ2v) is 3.86. The lowest BCUT2D eigenvalue weighted by Gasteiger charge is -2.07. The molecule has 0 aliphatic rings. The molecule has 2 aromatic rings. The zero-order valence-corrected chi connectivity index (χ0v) is 11.0. The molecule has 7 heteroatoms. The van der Waals surface area contributed by atoms with E-state index in [-0.39, 0.29) is 33.8 Å². The van der Waals surface area contributed by atoms with Gasteiger partial charge in [-0.3, -0.25) is 9.78 Å². The van der Waals surface area contributed by atoms with Crippen molar-refractivity contribution in [2.75, 3.05) is 14.2 Å². The van der Waals surface area contributed by atoms with Crippen molar-refractivity contribution >= 4 is 17.4 Å². The Morgan fingerprint density at radius 1 is 1.26 bits per heavy atom. The molecule has 0 radical (unpaired) electrons. The predicted octanol–water partition coefficient (Wildman–Crippen LogP) is 1.77. The number of nitrogens with zero attached hydrogens (tertiary/aromatic N) is 3. The standard InChI is InChI=1S/C12H10ClN3O3/c1-18-9-6-15-10(12(16-9)19-2)11(17)7-3-4-14-5-8(7)13/h3-6H,1-2H3. The van der Waals surface area contributed by atoms with E-state index in [1.54, 1.807) is 0 Å². The van der Waals surface area contributed by atoms with Crippen molar-refractivity contribution in [1.82, 2.24) is 15.0 Å². The molecule has 0 amide bonds. The van der Waals surface area contributed by atoms with E-state index in [0.717, 1.165) is 0 Å². The minimum absolute atomic E-state index is 0.0661. The van der Waals surface area contributed by atoms with Crippen LogP contribution in [-0.2, 0) is 0 Å². The van der Waals surface area contributed by atoms with E-state index in [0.29, 0.717) is 0 Å². The van der Waals surface area contributed by atoms with Crippen LogP contribution in [0, 0.1) is 0 Å². The minimum atomic E-state index is -0.389. The van der Waals surface area contributed by atoms with Gasteiger partial charge in [0.2, 0.25) is 17.5 Å². The van der Waals surface area contributed by atoms with E-state index < -0.39 is 0 Å². The Morgan fingerprint density at radius 2 is 2.05 bits per heavy atom. The third-order valence-electron chi connectivity index (χ3n) is 2.35. The van der Waals surface area contributed by atoms with Gasteiger partial charge in [-0.1, -0.05) is 11.6 Å². The molecule has 0 bridgehead atoms. The van der Waals surface area contributed by atoms with Crippen LogP contribution < -0.4 is 9.47 Å². The Balaban J connectivity index is 2.47. The van der Waals surface area contributed by atoms with E-state index in [9.17, 15) is 4.79 Å². The maximum Gasteiger partial charge on any atom is 0.247 e. The largest absolute Gasteiger partial charge is 0.480 e. The number of rotatable bonds is 4. The maximum atomic E-state index is 12.3. The number of hydrogen-bond donors (Lipinski definition) is 0. The van der Waals surface area contributed by atoms with Gasteiger partial charge in [0.1, 0.15) is 0 Å². The summed E-state index contributed by atoms with van der Waals surface area (Å²) in [6.45, 7) is 0. The lowest BCUT2D eigenvalue weighted by Crippen LogP contribution is -2.09. The van der Waals surface area contributed by atoms with Crippen LogP contribution in [0.4, 0.5) is 0 Å². The molecule has 0 aliphatic carbocycles. The third kappa shape index (κ3) is 2.63. The first-order chi connectivity index (χ1) is 9.17. The topological polar surface area (TPSA) is 74.2 Å². The highest BCUT2D eigenvalue weighted by atomic mass is 35.5. The van der Waals surface area contributed by atoms with Crippen LogP contribution in [-0.4, -0.2) is 35.0 Å². The van der Waals surface area contributed by atoms with Crippen LogP contribution in [0.5, 0.6) is 11.8 Å². The summed E-state index contributed by atoms with van der Waals surface area (Å²) in [5, 5.41) is 0.243. The molecule has 98 valence electrons. The molecule has 0 atom stereocenters. The van der Waals surface area contributed by atoms with Gasteiger partial charge in [0.05, 0.1) is 25.4 Å². The van der Waals surface area contributed by atoms with Gasteiger partial charge in [0, 0.05) is 18.0 Å². The van der Waals surface area contributed by atoms with Crippen molar-refractivity contribution in [3.8, 4) is 11.8 Å². The second kappa shape index (κ2) is 5.62. The first-order valence-electron chi connectivity index (χ1n) is 5.26. The number of halogens is 1. The Bertz CT molecular complexity index is 619. The van der Waals surface area contributed by atoms with Gasteiger partial charge in [-0.05, 0) is 6.07 Å². The minimum Gasteiger partial charge on any atom is -0.480 e. The normalized spacial score (nSPS) is 10.1. The summed E-state index contributed by atoms with van der Waals surface area (Å²) in [6, 6.07) is 1.51. The highest BCUT2D eigenvalue weighted by Crippen LogP contribution is 2.23. The summed E-state index contributed by atoms with van der Waals surface area (Å²) in [5.41, 5.74) is 0.353.